The lowest BCUT2D eigenvalue weighted by molar-refractivity contribution is -0.123. The number of carbonyl (C=O) groups is 1. The van der Waals surface area contributed by atoms with Crippen molar-refractivity contribution in [2.24, 2.45) is 0 Å². The Labute approximate surface area is 170 Å². The largest absolute Gasteiger partial charge is 0.493 e. The molecule has 3 rings (SSSR count). The van der Waals surface area contributed by atoms with E-state index in [0.717, 1.165) is 23.2 Å². The first kappa shape index (κ1) is 20.1. The maximum atomic E-state index is 12.3. The van der Waals surface area contributed by atoms with Crippen LogP contribution in [0.5, 0.6) is 11.5 Å². The number of ether oxygens (including phenoxy) is 2. The third-order valence-electron chi connectivity index (χ3n) is 4.42. The average molecular weight is 392 g/mol. The van der Waals surface area contributed by atoms with Gasteiger partial charge in [0.05, 0.1) is 18.8 Å². The molecule has 0 radical (unpaired) electrons. The number of aromatic nitrogens is 3. The monoisotopic (exact) mass is 392 g/mol. The maximum Gasteiger partial charge on any atom is 0.258 e. The number of nitrogens with zero attached hydrogens (tertiary/aromatic N) is 3. The third-order valence-corrected chi connectivity index (χ3v) is 4.42. The van der Waals surface area contributed by atoms with Gasteiger partial charge in [-0.25, -0.2) is 9.67 Å². The number of amides is 1. The molecular formula is C22H24N4O3. The molecule has 0 saturated heterocycles. The van der Waals surface area contributed by atoms with E-state index in [1.54, 1.807) is 24.2 Å². The molecule has 7 heteroatoms. The van der Waals surface area contributed by atoms with Crippen LogP contribution in [-0.2, 0) is 11.2 Å². The molecule has 2 aromatic carbocycles. The van der Waals surface area contributed by atoms with Crippen LogP contribution in [0.1, 0.15) is 24.1 Å². The minimum atomic E-state index is -0.213. The van der Waals surface area contributed by atoms with Crippen LogP contribution in [0.25, 0.3) is 5.69 Å². The lowest BCUT2D eigenvalue weighted by Crippen LogP contribution is -2.31. The summed E-state index contributed by atoms with van der Waals surface area (Å²) in [5, 5.41) is 7.03. The van der Waals surface area contributed by atoms with Crippen molar-refractivity contribution in [2.45, 2.75) is 19.4 Å². The van der Waals surface area contributed by atoms with E-state index in [-0.39, 0.29) is 18.6 Å². The highest BCUT2D eigenvalue weighted by atomic mass is 16.5. The summed E-state index contributed by atoms with van der Waals surface area (Å²) in [6.07, 6.45) is 5.68. The first-order valence-electron chi connectivity index (χ1n) is 9.25. The molecule has 0 fully saturated rings. The summed E-state index contributed by atoms with van der Waals surface area (Å²) in [6, 6.07) is 13.2. The SMILES string of the molecule is C=CCc1ccc(OCC(=O)NC(C)c2ccc(-n3cncn3)cc2)c(OC)c1. The zero-order valence-corrected chi connectivity index (χ0v) is 16.5. The molecule has 1 heterocycles. The smallest absolute Gasteiger partial charge is 0.258 e. The number of carbonyl (C=O) groups excluding carboxylic acids is 1. The van der Waals surface area contributed by atoms with E-state index in [1.807, 2.05) is 49.4 Å². The average Bonchev–Trinajstić information content (AvgIpc) is 3.28. The first-order valence-corrected chi connectivity index (χ1v) is 9.25. The van der Waals surface area contributed by atoms with Gasteiger partial charge in [0.25, 0.3) is 5.91 Å². The van der Waals surface area contributed by atoms with E-state index in [4.69, 9.17) is 9.47 Å². The lowest BCUT2D eigenvalue weighted by Gasteiger charge is -2.16. The van der Waals surface area contributed by atoms with Crippen LogP contribution in [0.15, 0.2) is 67.8 Å². The van der Waals surface area contributed by atoms with Gasteiger partial charge < -0.3 is 14.8 Å². The van der Waals surface area contributed by atoms with E-state index < -0.39 is 0 Å². The summed E-state index contributed by atoms with van der Waals surface area (Å²) in [4.78, 5) is 16.2. The molecule has 1 unspecified atom stereocenters. The number of benzene rings is 2. The van der Waals surface area contributed by atoms with Gasteiger partial charge in [0, 0.05) is 0 Å². The fourth-order valence-corrected chi connectivity index (χ4v) is 2.89. The molecule has 0 spiro atoms. The van der Waals surface area contributed by atoms with Crippen LogP contribution >= 0.6 is 0 Å². The third kappa shape index (κ3) is 5.22. The molecule has 0 aliphatic rings. The molecule has 0 saturated carbocycles. The van der Waals surface area contributed by atoms with Crippen molar-refractivity contribution in [3.8, 4) is 17.2 Å². The van der Waals surface area contributed by atoms with Gasteiger partial charge in [0.1, 0.15) is 12.7 Å². The Morgan fingerprint density at radius 1 is 1.24 bits per heavy atom. The summed E-state index contributed by atoms with van der Waals surface area (Å²) >= 11 is 0. The number of rotatable bonds is 9. The zero-order valence-electron chi connectivity index (χ0n) is 16.5. The van der Waals surface area contributed by atoms with Crippen LogP contribution < -0.4 is 14.8 Å². The molecule has 29 heavy (non-hydrogen) atoms. The van der Waals surface area contributed by atoms with Crippen molar-refractivity contribution < 1.29 is 14.3 Å². The summed E-state index contributed by atoms with van der Waals surface area (Å²) < 4.78 is 12.7. The van der Waals surface area contributed by atoms with E-state index in [1.165, 1.54) is 6.33 Å². The van der Waals surface area contributed by atoms with Crippen molar-refractivity contribution in [1.29, 1.82) is 0 Å². The lowest BCUT2D eigenvalue weighted by atomic mass is 10.1. The topological polar surface area (TPSA) is 78.3 Å². The fourth-order valence-electron chi connectivity index (χ4n) is 2.89. The molecule has 7 nitrogen and oxygen atoms in total. The second-order valence-corrected chi connectivity index (χ2v) is 6.49. The van der Waals surface area contributed by atoms with Crippen molar-refractivity contribution >= 4 is 5.91 Å². The molecule has 1 aromatic heterocycles. The minimum Gasteiger partial charge on any atom is -0.493 e. The van der Waals surface area contributed by atoms with Crippen LogP contribution in [0.2, 0.25) is 0 Å². The predicted molar refractivity (Wildman–Crippen MR) is 110 cm³/mol. The fraction of sp³-hybridized carbons (Fsp3) is 0.227. The van der Waals surface area contributed by atoms with Crippen molar-refractivity contribution in [3.05, 3.63) is 78.9 Å². The number of hydrogen-bond acceptors (Lipinski definition) is 5. The zero-order chi connectivity index (χ0) is 20.6. The number of allylic oxidation sites excluding steroid dienone is 1. The Hall–Kier alpha value is -3.61. The number of hydrogen-bond donors (Lipinski definition) is 1. The first-order chi connectivity index (χ1) is 14.1. The van der Waals surface area contributed by atoms with Crippen LogP contribution in [-0.4, -0.2) is 34.4 Å². The highest BCUT2D eigenvalue weighted by Crippen LogP contribution is 2.28. The molecule has 0 aliphatic heterocycles. The molecule has 150 valence electrons. The Morgan fingerprint density at radius 3 is 2.69 bits per heavy atom. The Balaban J connectivity index is 1.56. The second-order valence-electron chi connectivity index (χ2n) is 6.49. The van der Waals surface area contributed by atoms with E-state index >= 15 is 0 Å². The van der Waals surface area contributed by atoms with E-state index in [2.05, 4.69) is 22.0 Å². The van der Waals surface area contributed by atoms with Gasteiger partial charge in [-0.3, -0.25) is 4.79 Å². The van der Waals surface area contributed by atoms with Crippen molar-refractivity contribution in [2.75, 3.05) is 13.7 Å². The van der Waals surface area contributed by atoms with Crippen LogP contribution in [0.4, 0.5) is 0 Å². The van der Waals surface area contributed by atoms with Crippen molar-refractivity contribution in [1.82, 2.24) is 20.1 Å². The molecule has 1 amide bonds. The molecular weight excluding hydrogens is 368 g/mol. The van der Waals surface area contributed by atoms with Gasteiger partial charge in [0.15, 0.2) is 18.1 Å². The minimum absolute atomic E-state index is 0.0987. The second kappa shape index (κ2) is 9.54. The molecule has 0 aliphatic carbocycles. The van der Waals surface area contributed by atoms with Gasteiger partial charge in [0.2, 0.25) is 0 Å². The van der Waals surface area contributed by atoms with Gasteiger partial charge in [-0.15, -0.1) is 6.58 Å². The molecule has 1 N–H and O–H groups in total. The maximum absolute atomic E-state index is 12.3. The summed E-state index contributed by atoms with van der Waals surface area (Å²) in [5.41, 5.74) is 2.95. The molecule has 0 bridgehead atoms. The summed E-state index contributed by atoms with van der Waals surface area (Å²) in [7, 11) is 1.57. The number of nitrogens with one attached hydrogen (secondary N) is 1. The highest BCUT2D eigenvalue weighted by molar-refractivity contribution is 5.78. The predicted octanol–water partition coefficient (Wildman–Crippen LogP) is 3.26. The van der Waals surface area contributed by atoms with Crippen molar-refractivity contribution in [3.63, 3.8) is 0 Å². The normalized spacial score (nSPS) is 11.5. The van der Waals surface area contributed by atoms with Gasteiger partial charge >= 0.3 is 0 Å². The Bertz CT molecular complexity index is 953. The quantitative estimate of drug-likeness (QED) is 0.566. The molecule has 1 atom stereocenters. The van der Waals surface area contributed by atoms with Gasteiger partial charge in [-0.2, -0.15) is 5.10 Å². The highest BCUT2D eigenvalue weighted by Gasteiger charge is 2.12. The molecule has 3 aromatic rings. The van der Waals surface area contributed by atoms with Crippen LogP contribution in [0, 0.1) is 0 Å². The Morgan fingerprint density at radius 2 is 2.03 bits per heavy atom. The summed E-state index contributed by atoms with van der Waals surface area (Å²) in [6.45, 7) is 5.56. The van der Waals surface area contributed by atoms with Gasteiger partial charge in [-0.1, -0.05) is 24.3 Å². The van der Waals surface area contributed by atoms with Crippen LogP contribution in [0.3, 0.4) is 0 Å². The number of methoxy groups -OCH3 is 1. The Kier molecular flexibility index (Phi) is 6.63. The standard InChI is InChI=1S/C22H24N4O3/c1-4-5-17-6-11-20(21(12-17)28-3)29-13-22(27)25-16(2)18-7-9-19(10-8-18)26-15-23-14-24-26/h4,6-12,14-16H,1,5,13H2,2-3H3,(H,25,27). The summed E-state index contributed by atoms with van der Waals surface area (Å²) in [5.74, 6) is 0.907. The van der Waals surface area contributed by atoms with Gasteiger partial charge in [-0.05, 0) is 48.7 Å². The van der Waals surface area contributed by atoms with E-state index in [0.29, 0.717) is 11.5 Å². The van der Waals surface area contributed by atoms with E-state index in [9.17, 15) is 4.79 Å².